The zero-order chi connectivity index (χ0) is 12.5. The second-order valence-corrected chi connectivity index (χ2v) is 6.17. The molecule has 98 valence electrons. The molecule has 1 aromatic heterocycles. The highest BCUT2D eigenvalue weighted by Crippen LogP contribution is 2.24. The van der Waals surface area contributed by atoms with Gasteiger partial charge < -0.3 is 5.32 Å². The number of thiophene rings is 1. The molecule has 1 unspecified atom stereocenters. The molecule has 0 aliphatic rings. The maximum atomic E-state index is 5.93. The van der Waals surface area contributed by atoms with Crippen LogP contribution in [-0.4, -0.2) is 6.54 Å². The second kappa shape index (κ2) is 8.96. The summed E-state index contributed by atoms with van der Waals surface area (Å²) in [6.45, 7) is 5.57. The Morgan fingerprint density at radius 2 is 1.94 bits per heavy atom. The van der Waals surface area contributed by atoms with E-state index in [-0.39, 0.29) is 0 Å². The number of halogens is 1. The average Bonchev–Trinajstić information content (AvgIpc) is 2.74. The Morgan fingerprint density at radius 3 is 2.59 bits per heavy atom. The van der Waals surface area contributed by atoms with Crippen LogP contribution in [0.2, 0.25) is 4.34 Å². The summed E-state index contributed by atoms with van der Waals surface area (Å²) in [4.78, 5) is 0. The summed E-state index contributed by atoms with van der Waals surface area (Å²) in [6, 6.07) is 2.49. The molecule has 3 heteroatoms. The van der Waals surface area contributed by atoms with Crippen LogP contribution in [0.25, 0.3) is 0 Å². The topological polar surface area (TPSA) is 12.0 Å². The van der Waals surface area contributed by atoms with Gasteiger partial charge in [-0.2, -0.15) is 0 Å². The lowest BCUT2D eigenvalue weighted by Gasteiger charge is -2.12. The molecule has 1 heterocycles. The molecule has 1 atom stereocenters. The fourth-order valence-electron chi connectivity index (χ4n) is 1.89. The van der Waals surface area contributed by atoms with Crippen molar-refractivity contribution < 1.29 is 0 Å². The van der Waals surface area contributed by atoms with Crippen molar-refractivity contribution in [3.8, 4) is 0 Å². The summed E-state index contributed by atoms with van der Waals surface area (Å²) in [5.41, 5.74) is 1.31. The molecule has 0 radical (unpaired) electrons. The molecule has 0 aliphatic carbocycles. The fourth-order valence-corrected chi connectivity index (χ4v) is 2.88. The minimum atomic E-state index is 0.425. The van der Waals surface area contributed by atoms with Gasteiger partial charge >= 0.3 is 0 Å². The highest BCUT2D eigenvalue weighted by atomic mass is 35.5. The Hall–Kier alpha value is -0.0500. The third-order valence-corrected chi connectivity index (χ3v) is 4.18. The Labute approximate surface area is 115 Å². The Balaban J connectivity index is 2.03. The lowest BCUT2D eigenvalue weighted by molar-refractivity contribution is 0.528. The van der Waals surface area contributed by atoms with E-state index in [0.29, 0.717) is 6.04 Å². The van der Waals surface area contributed by atoms with E-state index < -0.39 is 0 Å². The van der Waals surface area contributed by atoms with Crippen LogP contribution in [0.1, 0.15) is 64.0 Å². The Morgan fingerprint density at radius 1 is 1.24 bits per heavy atom. The summed E-state index contributed by atoms with van der Waals surface area (Å²) in [6.07, 6.45) is 8.13. The number of hydrogen-bond acceptors (Lipinski definition) is 2. The standard InChI is InChI=1S/C14H24ClNS/c1-3-4-5-6-7-8-9-16-12(2)13-10-14(15)17-11-13/h10-12,16H,3-9H2,1-2H3. The lowest BCUT2D eigenvalue weighted by Crippen LogP contribution is -2.19. The van der Waals surface area contributed by atoms with Crippen LogP contribution in [0.15, 0.2) is 11.4 Å². The highest BCUT2D eigenvalue weighted by Gasteiger charge is 2.06. The fraction of sp³-hybridized carbons (Fsp3) is 0.714. The normalized spacial score (nSPS) is 12.9. The zero-order valence-corrected chi connectivity index (χ0v) is 12.5. The average molecular weight is 274 g/mol. The first-order valence-electron chi connectivity index (χ1n) is 6.71. The van der Waals surface area contributed by atoms with E-state index in [1.165, 1.54) is 44.1 Å². The van der Waals surface area contributed by atoms with E-state index in [1.807, 2.05) is 0 Å². The Bertz CT molecular complexity index is 298. The first-order chi connectivity index (χ1) is 8.24. The number of nitrogens with one attached hydrogen (secondary N) is 1. The van der Waals surface area contributed by atoms with Gasteiger partial charge in [0.1, 0.15) is 0 Å². The molecular weight excluding hydrogens is 250 g/mol. The smallest absolute Gasteiger partial charge is 0.0931 e. The van der Waals surface area contributed by atoms with Gasteiger partial charge in [-0.25, -0.2) is 0 Å². The van der Waals surface area contributed by atoms with E-state index in [1.54, 1.807) is 11.3 Å². The number of unbranched alkanes of at least 4 members (excludes halogenated alkanes) is 5. The summed E-state index contributed by atoms with van der Waals surface area (Å²) in [5, 5.41) is 5.69. The van der Waals surface area contributed by atoms with E-state index >= 15 is 0 Å². The molecule has 1 aromatic rings. The first kappa shape index (κ1) is 15.0. The molecule has 0 fully saturated rings. The van der Waals surface area contributed by atoms with E-state index in [4.69, 9.17) is 11.6 Å². The van der Waals surface area contributed by atoms with Crippen LogP contribution < -0.4 is 5.32 Å². The van der Waals surface area contributed by atoms with Gasteiger partial charge in [-0.1, -0.05) is 50.6 Å². The van der Waals surface area contributed by atoms with Crippen molar-refractivity contribution in [2.24, 2.45) is 0 Å². The maximum Gasteiger partial charge on any atom is 0.0931 e. The predicted molar refractivity (Wildman–Crippen MR) is 79.1 cm³/mol. The number of hydrogen-bond donors (Lipinski definition) is 1. The SMILES string of the molecule is CCCCCCCCNC(C)c1csc(Cl)c1. The van der Waals surface area contributed by atoms with Crippen LogP contribution in [0.4, 0.5) is 0 Å². The van der Waals surface area contributed by atoms with Gasteiger partial charge in [0.05, 0.1) is 4.34 Å². The van der Waals surface area contributed by atoms with E-state index in [2.05, 4.69) is 30.6 Å². The minimum absolute atomic E-state index is 0.425. The van der Waals surface area contributed by atoms with Gasteiger partial charge in [-0.05, 0) is 36.9 Å². The molecule has 0 amide bonds. The largest absolute Gasteiger partial charge is 0.310 e. The third kappa shape index (κ3) is 6.44. The van der Waals surface area contributed by atoms with Gasteiger partial charge in [-0.3, -0.25) is 0 Å². The van der Waals surface area contributed by atoms with Crippen molar-refractivity contribution in [3.05, 3.63) is 21.3 Å². The van der Waals surface area contributed by atoms with Crippen LogP contribution in [-0.2, 0) is 0 Å². The molecule has 0 saturated heterocycles. The summed E-state index contributed by atoms with van der Waals surface area (Å²) in [7, 11) is 0. The van der Waals surface area contributed by atoms with Crippen molar-refractivity contribution in [1.29, 1.82) is 0 Å². The monoisotopic (exact) mass is 273 g/mol. The molecular formula is C14H24ClNS. The van der Waals surface area contributed by atoms with Crippen LogP contribution in [0.3, 0.4) is 0 Å². The second-order valence-electron chi connectivity index (χ2n) is 4.63. The summed E-state index contributed by atoms with van der Waals surface area (Å²) in [5.74, 6) is 0. The third-order valence-electron chi connectivity index (χ3n) is 3.07. The summed E-state index contributed by atoms with van der Waals surface area (Å²) >= 11 is 7.54. The summed E-state index contributed by atoms with van der Waals surface area (Å²) < 4.78 is 0.883. The van der Waals surface area contributed by atoms with Gasteiger partial charge in [0.25, 0.3) is 0 Å². The molecule has 1 nitrogen and oxygen atoms in total. The van der Waals surface area contributed by atoms with Crippen molar-refractivity contribution in [3.63, 3.8) is 0 Å². The van der Waals surface area contributed by atoms with Crippen molar-refractivity contribution in [1.82, 2.24) is 5.32 Å². The molecule has 0 aliphatic heterocycles. The molecule has 0 saturated carbocycles. The molecule has 0 bridgehead atoms. The van der Waals surface area contributed by atoms with Crippen LogP contribution in [0.5, 0.6) is 0 Å². The van der Waals surface area contributed by atoms with Crippen LogP contribution >= 0.6 is 22.9 Å². The lowest BCUT2D eigenvalue weighted by atomic mass is 10.1. The molecule has 0 spiro atoms. The van der Waals surface area contributed by atoms with Gasteiger partial charge in [0, 0.05) is 6.04 Å². The zero-order valence-electron chi connectivity index (χ0n) is 11.0. The van der Waals surface area contributed by atoms with Crippen molar-refractivity contribution in [2.45, 2.75) is 58.4 Å². The van der Waals surface area contributed by atoms with Crippen molar-refractivity contribution >= 4 is 22.9 Å². The van der Waals surface area contributed by atoms with E-state index in [9.17, 15) is 0 Å². The highest BCUT2D eigenvalue weighted by molar-refractivity contribution is 7.14. The van der Waals surface area contributed by atoms with Crippen LogP contribution in [0, 0.1) is 0 Å². The van der Waals surface area contributed by atoms with E-state index in [0.717, 1.165) is 10.9 Å². The van der Waals surface area contributed by atoms with Gasteiger partial charge in [0.2, 0.25) is 0 Å². The quantitative estimate of drug-likeness (QED) is 0.593. The minimum Gasteiger partial charge on any atom is -0.310 e. The number of rotatable bonds is 9. The molecule has 0 aromatic carbocycles. The van der Waals surface area contributed by atoms with Gasteiger partial charge in [0.15, 0.2) is 0 Å². The van der Waals surface area contributed by atoms with Crippen molar-refractivity contribution in [2.75, 3.05) is 6.54 Å². The predicted octanol–water partition coefficient (Wildman–Crippen LogP) is 5.41. The maximum absolute atomic E-state index is 5.93. The molecule has 1 N–H and O–H groups in total. The first-order valence-corrected chi connectivity index (χ1v) is 7.97. The molecule has 1 rings (SSSR count). The van der Waals surface area contributed by atoms with Gasteiger partial charge in [-0.15, -0.1) is 11.3 Å². The Kier molecular flexibility index (Phi) is 7.91. The molecule has 17 heavy (non-hydrogen) atoms.